The molecular formula is C17H16ClNO5. The molecule has 6 nitrogen and oxygen atoms in total. The Kier molecular flexibility index (Phi) is 6.03. The summed E-state index contributed by atoms with van der Waals surface area (Å²) in [4.78, 5) is 23.2. The average molecular weight is 350 g/mol. The molecule has 0 aromatic heterocycles. The van der Waals surface area contributed by atoms with E-state index in [4.69, 9.17) is 16.3 Å². The molecule has 2 aromatic rings. The second kappa shape index (κ2) is 8.21. The van der Waals surface area contributed by atoms with Gasteiger partial charge in [0.2, 0.25) is 5.91 Å². The van der Waals surface area contributed by atoms with E-state index in [2.05, 4.69) is 10.1 Å². The van der Waals surface area contributed by atoms with Crippen LogP contribution in [0.3, 0.4) is 0 Å². The van der Waals surface area contributed by atoms with Gasteiger partial charge in [-0.1, -0.05) is 11.6 Å². The minimum atomic E-state index is -0.570. The summed E-state index contributed by atoms with van der Waals surface area (Å²) >= 11 is 5.77. The maximum absolute atomic E-state index is 11.9. The third-order valence-corrected chi connectivity index (χ3v) is 3.36. The van der Waals surface area contributed by atoms with Gasteiger partial charge in [-0.15, -0.1) is 0 Å². The number of methoxy groups -OCH3 is 1. The van der Waals surface area contributed by atoms with Crippen molar-refractivity contribution in [1.29, 1.82) is 0 Å². The summed E-state index contributed by atoms with van der Waals surface area (Å²) in [5.41, 5.74) is 0.401. The molecule has 24 heavy (non-hydrogen) atoms. The molecule has 0 aliphatic carbocycles. The van der Waals surface area contributed by atoms with Crippen molar-refractivity contribution in [2.75, 3.05) is 19.0 Å². The summed E-state index contributed by atoms with van der Waals surface area (Å²) in [6, 6.07) is 10.9. The lowest BCUT2D eigenvalue weighted by atomic mass is 10.2. The van der Waals surface area contributed by atoms with Gasteiger partial charge in [0.15, 0.2) is 0 Å². The Labute approximate surface area is 144 Å². The predicted octanol–water partition coefficient (Wildman–Crippen LogP) is 3.24. The van der Waals surface area contributed by atoms with Gasteiger partial charge >= 0.3 is 5.97 Å². The SMILES string of the molecule is COC(=O)c1ccc(NC(=O)CCOc2ccc(Cl)cc2)c(O)c1. The number of anilines is 1. The minimum absolute atomic E-state index is 0.0980. The molecule has 126 valence electrons. The molecule has 1 amide bonds. The van der Waals surface area contributed by atoms with Crippen LogP contribution in [0.25, 0.3) is 0 Å². The molecule has 0 unspecified atom stereocenters. The highest BCUT2D eigenvalue weighted by molar-refractivity contribution is 6.30. The molecule has 0 fully saturated rings. The summed E-state index contributed by atoms with van der Waals surface area (Å²) in [6.45, 7) is 0.175. The first kappa shape index (κ1) is 17.6. The van der Waals surface area contributed by atoms with Crippen LogP contribution in [0.15, 0.2) is 42.5 Å². The number of hydrogen-bond donors (Lipinski definition) is 2. The van der Waals surface area contributed by atoms with Gasteiger partial charge in [0.1, 0.15) is 11.5 Å². The zero-order chi connectivity index (χ0) is 17.5. The molecule has 0 aliphatic rings. The third kappa shape index (κ3) is 4.89. The highest BCUT2D eigenvalue weighted by Gasteiger charge is 2.11. The molecule has 0 radical (unpaired) electrons. The number of rotatable bonds is 6. The van der Waals surface area contributed by atoms with Crippen LogP contribution < -0.4 is 10.1 Å². The Morgan fingerprint density at radius 3 is 2.50 bits per heavy atom. The maximum Gasteiger partial charge on any atom is 0.337 e. The number of aromatic hydroxyl groups is 1. The molecule has 0 saturated carbocycles. The summed E-state index contributed by atoms with van der Waals surface area (Å²) < 4.78 is 9.97. The topological polar surface area (TPSA) is 84.9 Å². The van der Waals surface area contributed by atoms with Gasteiger partial charge in [-0.3, -0.25) is 4.79 Å². The number of carbonyl (C=O) groups is 2. The molecule has 2 rings (SSSR count). The van der Waals surface area contributed by atoms with E-state index in [0.717, 1.165) is 0 Å². The molecule has 0 heterocycles. The number of phenols is 1. The van der Waals surface area contributed by atoms with E-state index >= 15 is 0 Å². The van der Waals surface area contributed by atoms with Gasteiger partial charge in [-0.2, -0.15) is 0 Å². The van der Waals surface area contributed by atoms with Gasteiger partial charge in [0.05, 0.1) is 31.4 Å². The molecule has 0 saturated heterocycles. The zero-order valence-corrected chi connectivity index (χ0v) is 13.7. The van der Waals surface area contributed by atoms with Gasteiger partial charge < -0.3 is 19.9 Å². The number of amides is 1. The quantitative estimate of drug-likeness (QED) is 0.617. The van der Waals surface area contributed by atoms with Crippen LogP contribution in [-0.2, 0) is 9.53 Å². The second-order valence-electron chi connectivity index (χ2n) is 4.82. The first-order valence-corrected chi connectivity index (χ1v) is 7.47. The van der Waals surface area contributed by atoms with E-state index in [1.165, 1.54) is 25.3 Å². The predicted molar refractivity (Wildman–Crippen MR) is 89.6 cm³/mol. The van der Waals surface area contributed by atoms with E-state index in [0.29, 0.717) is 10.8 Å². The fourth-order valence-corrected chi connectivity index (χ4v) is 2.01. The highest BCUT2D eigenvalue weighted by atomic mass is 35.5. The molecule has 0 bridgehead atoms. The lowest BCUT2D eigenvalue weighted by molar-refractivity contribution is -0.116. The van der Waals surface area contributed by atoms with Crippen molar-refractivity contribution in [3.63, 3.8) is 0 Å². The Hall–Kier alpha value is -2.73. The van der Waals surface area contributed by atoms with Crippen LogP contribution in [0.1, 0.15) is 16.8 Å². The van der Waals surface area contributed by atoms with Crippen molar-refractivity contribution in [3.05, 3.63) is 53.1 Å². The van der Waals surface area contributed by atoms with E-state index in [1.807, 2.05) is 0 Å². The van der Waals surface area contributed by atoms with Crippen LogP contribution in [-0.4, -0.2) is 30.7 Å². The van der Waals surface area contributed by atoms with Crippen LogP contribution in [0, 0.1) is 0 Å². The standard InChI is InChI=1S/C17H16ClNO5/c1-23-17(22)11-2-7-14(15(20)10-11)19-16(21)8-9-24-13-5-3-12(18)4-6-13/h2-7,10,20H,8-9H2,1H3,(H,19,21). The number of benzene rings is 2. The number of phenolic OH excluding ortho intramolecular Hbond substituents is 1. The van der Waals surface area contributed by atoms with Crippen LogP contribution in [0.2, 0.25) is 5.02 Å². The normalized spacial score (nSPS) is 10.1. The van der Waals surface area contributed by atoms with E-state index in [1.54, 1.807) is 24.3 Å². The Morgan fingerprint density at radius 1 is 1.17 bits per heavy atom. The lowest BCUT2D eigenvalue weighted by Gasteiger charge is -2.09. The molecule has 7 heteroatoms. The van der Waals surface area contributed by atoms with Crippen molar-refractivity contribution >= 4 is 29.2 Å². The molecule has 0 aliphatic heterocycles. The highest BCUT2D eigenvalue weighted by Crippen LogP contribution is 2.24. The van der Waals surface area contributed by atoms with Crippen molar-refractivity contribution in [1.82, 2.24) is 0 Å². The summed E-state index contributed by atoms with van der Waals surface area (Å²) in [7, 11) is 1.25. The van der Waals surface area contributed by atoms with Crippen molar-refractivity contribution in [2.45, 2.75) is 6.42 Å². The number of carbonyl (C=O) groups excluding carboxylic acids is 2. The third-order valence-electron chi connectivity index (χ3n) is 3.10. The van der Waals surface area contributed by atoms with E-state index < -0.39 is 5.97 Å². The van der Waals surface area contributed by atoms with Crippen molar-refractivity contribution < 1.29 is 24.2 Å². The minimum Gasteiger partial charge on any atom is -0.506 e. The summed E-state index contributed by atoms with van der Waals surface area (Å²) in [5.74, 6) is -0.507. The zero-order valence-electron chi connectivity index (χ0n) is 12.9. The first-order chi connectivity index (χ1) is 11.5. The van der Waals surface area contributed by atoms with Gasteiger partial charge in [-0.25, -0.2) is 4.79 Å². The van der Waals surface area contributed by atoms with Gasteiger partial charge in [0, 0.05) is 5.02 Å². The number of ether oxygens (including phenoxy) is 2. The van der Waals surface area contributed by atoms with Crippen LogP contribution in [0.4, 0.5) is 5.69 Å². The largest absolute Gasteiger partial charge is 0.506 e. The van der Waals surface area contributed by atoms with Gasteiger partial charge in [-0.05, 0) is 42.5 Å². The number of hydrogen-bond acceptors (Lipinski definition) is 5. The molecular weight excluding hydrogens is 334 g/mol. The summed E-state index contributed by atoms with van der Waals surface area (Å²) in [6.07, 6.45) is 0.0980. The average Bonchev–Trinajstić information content (AvgIpc) is 2.57. The van der Waals surface area contributed by atoms with Crippen molar-refractivity contribution in [3.8, 4) is 11.5 Å². The first-order valence-electron chi connectivity index (χ1n) is 7.09. The van der Waals surface area contributed by atoms with Crippen LogP contribution in [0.5, 0.6) is 11.5 Å². The van der Waals surface area contributed by atoms with E-state index in [-0.39, 0.29) is 35.9 Å². The Morgan fingerprint density at radius 2 is 1.88 bits per heavy atom. The van der Waals surface area contributed by atoms with Crippen molar-refractivity contribution in [2.24, 2.45) is 0 Å². The number of esters is 1. The molecule has 0 atom stereocenters. The fraction of sp³-hybridized carbons (Fsp3) is 0.176. The second-order valence-corrected chi connectivity index (χ2v) is 5.26. The monoisotopic (exact) mass is 349 g/mol. The number of halogens is 1. The molecule has 2 aromatic carbocycles. The van der Waals surface area contributed by atoms with E-state index in [9.17, 15) is 14.7 Å². The fourth-order valence-electron chi connectivity index (χ4n) is 1.89. The number of nitrogens with one attached hydrogen (secondary N) is 1. The van der Waals surface area contributed by atoms with Gasteiger partial charge in [0.25, 0.3) is 0 Å². The Balaban J connectivity index is 1.85. The molecule has 2 N–H and O–H groups in total. The smallest absolute Gasteiger partial charge is 0.337 e. The lowest BCUT2D eigenvalue weighted by Crippen LogP contribution is -2.15. The molecule has 0 spiro atoms. The maximum atomic E-state index is 11.9. The van der Waals surface area contributed by atoms with Crippen LogP contribution >= 0.6 is 11.6 Å². The summed E-state index contributed by atoms with van der Waals surface area (Å²) in [5, 5.41) is 13.0. The Bertz CT molecular complexity index is 730.